The molecule has 0 radical (unpaired) electrons. The van der Waals surface area contributed by atoms with E-state index in [-0.39, 0.29) is 5.41 Å². The zero-order valence-electron chi connectivity index (χ0n) is 9.85. The number of hydrogen-bond donors (Lipinski definition) is 1. The van der Waals surface area contributed by atoms with E-state index in [9.17, 15) is 5.26 Å². The molecule has 2 atom stereocenters. The fraction of sp³-hybridized carbons (Fsp3) is 0.429. The third-order valence-electron chi connectivity index (χ3n) is 3.78. The van der Waals surface area contributed by atoms with Crippen molar-refractivity contribution in [1.82, 2.24) is 10.3 Å². The van der Waals surface area contributed by atoms with Crippen molar-refractivity contribution in [1.29, 1.82) is 5.26 Å². The van der Waals surface area contributed by atoms with Crippen LogP contribution in [-0.4, -0.2) is 17.1 Å². The lowest BCUT2D eigenvalue weighted by Crippen LogP contribution is -2.46. The second kappa shape index (κ2) is 3.68. The highest BCUT2D eigenvalue weighted by Gasteiger charge is 2.43. The Morgan fingerprint density at radius 1 is 1.35 bits per heavy atom. The lowest BCUT2D eigenvalue weighted by atomic mass is 9.72. The van der Waals surface area contributed by atoms with Gasteiger partial charge in [-0.05, 0) is 30.9 Å². The van der Waals surface area contributed by atoms with Crippen LogP contribution in [0.4, 0.5) is 0 Å². The molecular weight excluding hydrogens is 210 g/mol. The molecule has 2 unspecified atom stereocenters. The summed E-state index contributed by atoms with van der Waals surface area (Å²) in [5.41, 5.74) is 1.82. The van der Waals surface area contributed by atoms with Gasteiger partial charge in [0.15, 0.2) is 0 Å². The van der Waals surface area contributed by atoms with Gasteiger partial charge in [0.25, 0.3) is 0 Å². The van der Waals surface area contributed by atoms with Gasteiger partial charge in [-0.25, -0.2) is 0 Å². The standard InChI is InChI=1S/C14H15N3/c1-10-4-11(8-16-7-10)14(9-15)5-12-2-3-13(6-14)17-12/h2-4,7-8,12-13,17H,5-6H2,1H3. The summed E-state index contributed by atoms with van der Waals surface area (Å²) in [7, 11) is 0. The highest BCUT2D eigenvalue weighted by Crippen LogP contribution is 2.39. The van der Waals surface area contributed by atoms with Crippen molar-refractivity contribution in [2.45, 2.75) is 37.3 Å². The molecule has 2 aliphatic rings. The van der Waals surface area contributed by atoms with Crippen molar-refractivity contribution in [3.8, 4) is 6.07 Å². The van der Waals surface area contributed by atoms with Crippen LogP contribution in [0.25, 0.3) is 0 Å². The van der Waals surface area contributed by atoms with Gasteiger partial charge in [0.1, 0.15) is 0 Å². The number of rotatable bonds is 1. The monoisotopic (exact) mass is 225 g/mol. The maximum Gasteiger partial charge on any atom is 0.0873 e. The Morgan fingerprint density at radius 3 is 2.65 bits per heavy atom. The Kier molecular flexibility index (Phi) is 2.27. The predicted octanol–water partition coefficient (Wildman–Crippen LogP) is 1.84. The van der Waals surface area contributed by atoms with Crippen LogP contribution in [0, 0.1) is 18.3 Å². The Hall–Kier alpha value is -1.66. The van der Waals surface area contributed by atoms with E-state index < -0.39 is 0 Å². The first-order valence-electron chi connectivity index (χ1n) is 6.00. The molecule has 3 heterocycles. The fourth-order valence-corrected chi connectivity index (χ4v) is 2.95. The third kappa shape index (κ3) is 1.65. The Balaban J connectivity index is 2.02. The lowest BCUT2D eigenvalue weighted by Gasteiger charge is -2.36. The maximum absolute atomic E-state index is 9.62. The molecule has 2 aliphatic heterocycles. The van der Waals surface area contributed by atoms with Gasteiger partial charge < -0.3 is 5.32 Å². The van der Waals surface area contributed by atoms with E-state index in [2.05, 4.69) is 34.6 Å². The molecule has 2 bridgehead atoms. The molecule has 0 aliphatic carbocycles. The summed E-state index contributed by atoms with van der Waals surface area (Å²) >= 11 is 0. The van der Waals surface area contributed by atoms with E-state index in [0.29, 0.717) is 12.1 Å². The van der Waals surface area contributed by atoms with Crippen molar-refractivity contribution in [2.75, 3.05) is 0 Å². The average molecular weight is 225 g/mol. The van der Waals surface area contributed by atoms with Gasteiger partial charge >= 0.3 is 0 Å². The molecule has 0 amide bonds. The number of nitriles is 1. The SMILES string of the molecule is Cc1cncc(C2(C#N)CC3C=CC(C2)N3)c1. The van der Waals surface area contributed by atoms with Crippen molar-refractivity contribution >= 4 is 0 Å². The Bertz CT molecular complexity index is 498. The number of aryl methyl sites for hydroxylation is 1. The predicted molar refractivity (Wildman–Crippen MR) is 65.4 cm³/mol. The number of pyridine rings is 1. The molecular formula is C14H15N3. The van der Waals surface area contributed by atoms with Crippen LogP contribution in [-0.2, 0) is 5.41 Å². The zero-order valence-corrected chi connectivity index (χ0v) is 9.85. The molecule has 17 heavy (non-hydrogen) atoms. The highest BCUT2D eigenvalue weighted by molar-refractivity contribution is 5.37. The van der Waals surface area contributed by atoms with Gasteiger partial charge in [0, 0.05) is 24.5 Å². The molecule has 1 N–H and O–H groups in total. The first-order valence-corrected chi connectivity index (χ1v) is 6.00. The minimum absolute atomic E-state index is 0.342. The third-order valence-corrected chi connectivity index (χ3v) is 3.78. The molecule has 3 nitrogen and oxygen atoms in total. The van der Waals surface area contributed by atoms with Gasteiger partial charge in [-0.3, -0.25) is 4.98 Å². The maximum atomic E-state index is 9.62. The van der Waals surface area contributed by atoms with Gasteiger partial charge in [-0.15, -0.1) is 0 Å². The number of aromatic nitrogens is 1. The summed E-state index contributed by atoms with van der Waals surface area (Å²) in [5.74, 6) is 0. The minimum Gasteiger partial charge on any atom is -0.304 e. The first-order chi connectivity index (χ1) is 8.22. The van der Waals surface area contributed by atoms with E-state index in [1.54, 1.807) is 0 Å². The second-order valence-electron chi connectivity index (χ2n) is 5.12. The number of piperidine rings is 1. The van der Waals surface area contributed by atoms with E-state index in [4.69, 9.17) is 0 Å². The summed E-state index contributed by atoms with van der Waals surface area (Å²) in [5, 5.41) is 13.1. The minimum atomic E-state index is -0.372. The number of nitrogens with one attached hydrogen (secondary N) is 1. The van der Waals surface area contributed by atoms with E-state index in [1.165, 1.54) is 0 Å². The fourth-order valence-electron chi connectivity index (χ4n) is 2.95. The number of fused-ring (bicyclic) bond motifs is 2. The van der Waals surface area contributed by atoms with E-state index in [1.807, 2.05) is 19.3 Å². The molecule has 1 aromatic rings. The van der Waals surface area contributed by atoms with Crippen LogP contribution in [0.15, 0.2) is 30.6 Å². The summed E-state index contributed by atoms with van der Waals surface area (Å²) in [6, 6.07) is 5.32. The molecule has 1 saturated heterocycles. The van der Waals surface area contributed by atoms with Crippen molar-refractivity contribution < 1.29 is 0 Å². The molecule has 86 valence electrons. The molecule has 3 heteroatoms. The molecule has 0 saturated carbocycles. The van der Waals surface area contributed by atoms with Gasteiger partial charge in [-0.1, -0.05) is 18.2 Å². The molecule has 1 aromatic heterocycles. The smallest absolute Gasteiger partial charge is 0.0873 e. The van der Waals surface area contributed by atoms with E-state index >= 15 is 0 Å². The summed E-state index contributed by atoms with van der Waals surface area (Å²) < 4.78 is 0. The molecule has 0 aromatic carbocycles. The first kappa shape index (κ1) is 10.5. The Labute approximate surface area is 101 Å². The Morgan fingerprint density at radius 2 is 2.06 bits per heavy atom. The van der Waals surface area contributed by atoms with E-state index in [0.717, 1.165) is 24.0 Å². The van der Waals surface area contributed by atoms with Crippen molar-refractivity contribution in [3.63, 3.8) is 0 Å². The van der Waals surface area contributed by atoms with Crippen LogP contribution in [0.5, 0.6) is 0 Å². The lowest BCUT2D eigenvalue weighted by molar-refractivity contribution is 0.319. The molecule has 0 spiro atoms. The van der Waals surface area contributed by atoms with Crippen LogP contribution >= 0.6 is 0 Å². The summed E-state index contributed by atoms with van der Waals surface area (Å²) in [6.07, 6.45) is 9.76. The van der Waals surface area contributed by atoms with Gasteiger partial charge in [0.2, 0.25) is 0 Å². The topological polar surface area (TPSA) is 48.7 Å². The average Bonchev–Trinajstić information content (AvgIpc) is 2.69. The number of hydrogen-bond acceptors (Lipinski definition) is 3. The van der Waals surface area contributed by atoms with Crippen molar-refractivity contribution in [2.24, 2.45) is 0 Å². The highest BCUT2D eigenvalue weighted by atomic mass is 15.0. The normalized spacial score (nSPS) is 34.6. The summed E-state index contributed by atoms with van der Waals surface area (Å²) in [4.78, 5) is 4.23. The quantitative estimate of drug-likeness (QED) is 0.742. The zero-order chi connectivity index (χ0) is 11.9. The van der Waals surface area contributed by atoms with Crippen molar-refractivity contribution in [3.05, 3.63) is 41.7 Å². The largest absolute Gasteiger partial charge is 0.304 e. The van der Waals surface area contributed by atoms with Gasteiger partial charge in [0.05, 0.1) is 11.5 Å². The van der Waals surface area contributed by atoms with Crippen LogP contribution in [0.3, 0.4) is 0 Å². The summed E-state index contributed by atoms with van der Waals surface area (Å²) in [6.45, 7) is 2.02. The number of nitrogens with zero attached hydrogens (tertiary/aromatic N) is 2. The second-order valence-corrected chi connectivity index (χ2v) is 5.12. The van der Waals surface area contributed by atoms with Gasteiger partial charge in [-0.2, -0.15) is 5.26 Å². The van der Waals surface area contributed by atoms with Crippen LogP contribution in [0.2, 0.25) is 0 Å². The van der Waals surface area contributed by atoms with Crippen LogP contribution in [0.1, 0.15) is 24.0 Å². The molecule has 1 fully saturated rings. The van der Waals surface area contributed by atoms with Crippen LogP contribution < -0.4 is 5.32 Å². The molecule has 3 rings (SSSR count).